The number of hydrogen-bond donors (Lipinski definition) is 1. The van der Waals surface area contributed by atoms with Crippen molar-refractivity contribution in [2.45, 2.75) is 30.7 Å². The quantitative estimate of drug-likeness (QED) is 0.448. The zero-order valence-corrected chi connectivity index (χ0v) is 18.8. The SMILES string of the molecule is CCC(C(=O)NCCc1ccc(SC)cc1)n1c2ccccc2c2cnn(C)c(=O)c21. The number of carbonyl (C=O) groups is 1. The van der Waals surface area contributed by atoms with Crippen molar-refractivity contribution >= 4 is 39.5 Å². The van der Waals surface area contributed by atoms with E-state index in [0.29, 0.717) is 18.5 Å². The molecule has 6 nitrogen and oxygen atoms in total. The number of para-hydroxylation sites is 1. The number of aromatic nitrogens is 3. The van der Waals surface area contributed by atoms with Gasteiger partial charge >= 0.3 is 0 Å². The summed E-state index contributed by atoms with van der Waals surface area (Å²) in [5.74, 6) is -0.0789. The summed E-state index contributed by atoms with van der Waals surface area (Å²) < 4.78 is 3.21. The van der Waals surface area contributed by atoms with Gasteiger partial charge in [-0.3, -0.25) is 9.59 Å². The van der Waals surface area contributed by atoms with Crippen LogP contribution in [0.3, 0.4) is 0 Å². The normalized spacial score (nSPS) is 12.4. The van der Waals surface area contributed by atoms with Crippen molar-refractivity contribution in [2.75, 3.05) is 12.8 Å². The van der Waals surface area contributed by atoms with E-state index in [1.165, 1.54) is 15.1 Å². The maximum atomic E-state index is 13.2. The van der Waals surface area contributed by atoms with Gasteiger partial charge in [0.05, 0.1) is 11.7 Å². The lowest BCUT2D eigenvalue weighted by molar-refractivity contribution is -0.124. The van der Waals surface area contributed by atoms with Gasteiger partial charge in [-0.15, -0.1) is 11.8 Å². The van der Waals surface area contributed by atoms with Gasteiger partial charge in [-0.25, -0.2) is 4.68 Å². The molecule has 0 bridgehead atoms. The highest BCUT2D eigenvalue weighted by Gasteiger charge is 2.25. The Balaban J connectivity index is 1.64. The fourth-order valence-corrected chi connectivity index (χ4v) is 4.45. The standard InChI is InChI=1S/C24H26N4O2S/c1-4-20(23(29)25-14-13-16-9-11-17(31-3)12-10-16)28-21-8-6-5-7-18(21)19-15-26-27(2)24(30)22(19)28/h5-12,15,20H,4,13-14H2,1-3H3,(H,25,29). The zero-order chi connectivity index (χ0) is 22.0. The highest BCUT2D eigenvalue weighted by molar-refractivity contribution is 7.98. The summed E-state index contributed by atoms with van der Waals surface area (Å²) >= 11 is 1.71. The molecule has 1 amide bonds. The highest BCUT2D eigenvalue weighted by atomic mass is 32.2. The van der Waals surface area contributed by atoms with Crippen molar-refractivity contribution in [3.63, 3.8) is 0 Å². The van der Waals surface area contributed by atoms with Crippen molar-refractivity contribution in [3.8, 4) is 0 Å². The second-order valence-corrected chi connectivity index (χ2v) is 8.42. The lowest BCUT2D eigenvalue weighted by Crippen LogP contribution is -2.34. The highest BCUT2D eigenvalue weighted by Crippen LogP contribution is 2.30. The summed E-state index contributed by atoms with van der Waals surface area (Å²) in [6, 6.07) is 15.7. The molecule has 0 aliphatic heterocycles. The Bertz CT molecular complexity index is 1290. The molecule has 2 aromatic heterocycles. The molecule has 0 fully saturated rings. The molecule has 0 saturated heterocycles. The summed E-state index contributed by atoms with van der Waals surface area (Å²) in [5.41, 5.74) is 2.38. The molecule has 1 unspecified atom stereocenters. The summed E-state index contributed by atoms with van der Waals surface area (Å²) in [6.45, 7) is 2.52. The summed E-state index contributed by atoms with van der Waals surface area (Å²) in [6.07, 6.45) is 5.10. The summed E-state index contributed by atoms with van der Waals surface area (Å²) in [7, 11) is 1.63. The number of thioether (sulfide) groups is 1. The fourth-order valence-electron chi connectivity index (χ4n) is 4.04. The average Bonchev–Trinajstić information content (AvgIpc) is 3.12. The Morgan fingerprint density at radius 1 is 1.13 bits per heavy atom. The molecule has 0 aliphatic rings. The fraction of sp³-hybridized carbons (Fsp3) is 0.292. The van der Waals surface area contributed by atoms with Gasteiger partial charge in [0.15, 0.2) is 0 Å². The van der Waals surface area contributed by atoms with Crippen LogP contribution in [0, 0.1) is 0 Å². The van der Waals surface area contributed by atoms with Crippen molar-refractivity contribution < 1.29 is 4.79 Å². The van der Waals surface area contributed by atoms with E-state index in [1.807, 2.05) is 35.8 Å². The van der Waals surface area contributed by atoms with Gasteiger partial charge in [0.25, 0.3) is 5.56 Å². The molecule has 31 heavy (non-hydrogen) atoms. The molecule has 2 aromatic carbocycles. The van der Waals surface area contributed by atoms with E-state index in [-0.39, 0.29) is 11.5 Å². The topological polar surface area (TPSA) is 68.9 Å². The number of amides is 1. The Labute approximate surface area is 185 Å². The van der Waals surface area contributed by atoms with Gasteiger partial charge in [0, 0.05) is 29.3 Å². The number of benzene rings is 2. The van der Waals surface area contributed by atoms with Crippen LogP contribution >= 0.6 is 11.8 Å². The second-order valence-electron chi connectivity index (χ2n) is 7.54. The Hall–Kier alpha value is -3.06. The molecule has 160 valence electrons. The molecule has 0 radical (unpaired) electrons. The van der Waals surface area contributed by atoms with Crippen molar-refractivity contribution in [2.24, 2.45) is 7.05 Å². The maximum absolute atomic E-state index is 13.2. The van der Waals surface area contributed by atoms with Crippen LogP contribution in [0.2, 0.25) is 0 Å². The molecule has 4 rings (SSSR count). The predicted molar refractivity (Wildman–Crippen MR) is 127 cm³/mol. The maximum Gasteiger partial charge on any atom is 0.291 e. The van der Waals surface area contributed by atoms with Crippen LogP contribution in [-0.2, 0) is 18.3 Å². The van der Waals surface area contributed by atoms with Gasteiger partial charge in [0.1, 0.15) is 11.6 Å². The van der Waals surface area contributed by atoms with Crippen LogP contribution in [-0.4, -0.2) is 33.1 Å². The number of aryl methyl sites for hydroxylation is 1. The third-order valence-electron chi connectivity index (χ3n) is 5.68. The first-order valence-corrected chi connectivity index (χ1v) is 11.6. The number of rotatable bonds is 7. The van der Waals surface area contributed by atoms with Gasteiger partial charge in [-0.1, -0.05) is 37.3 Å². The van der Waals surface area contributed by atoms with Crippen LogP contribution in [0.25, 0.3) is 21.8 Å². The Kier molecular flexibility index (Phi) is 6.13. The molecule has 0 aliphatic carbocycles. The average molecular weight is 435 g/mol. The van der Waals surface area contributed by atoms with E-state index in [4.69, 9.17) is 0 Å². The van der Waals surface area contributed by atoms with Crippen LogP contribution in [0.15, 0.2) is 64.4 Å². The summed E-state index contributed by atoms with van der Waals surface area (Å²) in [5, 5.41) is 8.97. The molecule has 0 spiro atoms. The third kappa shape index (κ3) is 3.97. The molecule has 2 heterocycles. The van der Waals surface area contributed by atoms with Crippen molar-refractivity contribution in [3.05, 3.63) is 70.6 Å². The van der Waals surface area contributed by atoms with Crippen LogP contribution in [0.4, 0.5) is 0 Å². The number of fused-ring (bicyclic) bond motifs is 3. The lowest BCUT2D eigenvalue weighted by Gasteiger charge is -2.19. The molecule has 1 N–H and O–H groups in total. The second kappa shape index (κ2) is 8.98. The van der Waals surface area contributed by atoms with Crippen molar-refractivity contribution in [1.82, 2.24) is 19.7 Å². The molecule has 7 heteroatoms. The van der Waals surface area contributed by atoms with E-state index in [0.717, 1.165) is 22.7 Å². The predicted octanol–water partition coefficient (Wildman–Crippen LogP) is 3.92. The number of nitrogens with zero attached hydrogens (tertiary/aromatic N) is 3. The molecular formula is C24H26N4O2S. The van der Waals surface area contributed by atoms with E-state index in [2.05, 4.69) is 40.9 Å². The van der Waals surface area contributed by atoms with Crippen LogP contribution in [0.1, 0.15) is 24.9 Å². The molecular weight excluding hydrogens is 408 g/mol. The Morgan fingerprint density at radius 3 is 2.58 bits per heavy atom. The molecule has 0 saturated carbocycles. The van der Waals surface area contributed by atoms with Gasteiger partial charge in [0.2, 0.25) is 5.91 Å². The van der Waals surface area contributed by atoms with E-state index in [1.54, 1.807) is 25.0 Å². The smallest absolute Gasteiger partial charge is 0.291 e. The van der Waals surface area contributed by atoms with E-state index < -0.39 is 6.04 Å². The van der Waals surface area contributed by atoms with E-state index >= 15 is 0 Å². The number of hydrogen-bond acceptors (Lipinski definition) is 4. The molecule has 1 atom stereocenters. The monoisotopic (exact) mass is 434 g/mol. The minimum absolute atomic E-state index is 0.0789. The van der Waals surface area contributed by atoms with Gasteiger partial charge in [-0.05, 0) is 42.9 Å². The largest absolute Gasteiger partial charge is 0.354 e. The first-order valence-electron chi connectivity index (χ1n) is 10.4. The lowest BCUT2D eigenvalue weighted by atomic mass is 10.1. The van der Waals surface area contributed by atoms with Gasteiger partial charge in [-0.2, -0.15) is 5.10 Å². The van der Waals surface area contributed by atoms with Crippen LogP contribution in [0.5, 0.6) is 0 Å². The first-order chi connectivity index (χ1) is 15.0. The van der Waals surface area contributed by atoms with Gasteiger partial charge < -0.3 is 9.88 Å². The molecule has 4 aromatic rings. The van der Waals surface area contributed by atoms with Crippen LogP contribution < -0.4 is 10.9 Å². The Morgan fingerprint density at radius 2 is 1.87 bits per heavy atom. The first kappa shape index (κ1) is 21.2. The number of nitrogens with one attached hydrogen (secondary N) is 1. The minimum atomic E-state index is -0.476. The summed E-state index contributed by atoms with van der Waals surface area (Å²) in [4.78, 5) is 27.4. The van der Waals surface area contributed by atoms with E-state index in [9.17, 15) is 9.59 Å². The number of carbonyl (C=O) groups excluding carboxylic acids is 1. The zero-order valence-electron chi connectivity index (χ0n) is 18.0. The van der Waals surface area contributed by atoms with Crippen molar-refractivity contribution in [1.29, 1.82) is 0 Å². The minimum Gasteiger partial charge on any atom is -0.354 e. The third-order valence-corrected chi connectivity index (χ3v) is 6.42.